The number of benzene rings is 1. The zero-order valence-electron chi connectivity index (χ0n) is 9.24. The molecule has 1 rings (SSSR count). The topological polar surface area (TPSA) is 95.2 Å². The van der Waals surface area contributed by atoms with E-state index < -0.39 is 12.1 Å². The molecule has 3 atom stereocenters. The Morgan fingerprint density at radius 2 is 1.94 bits per heavy atom. The van der Waals surface area contributed by atoms with Crippen LogP contribution in [0.2, 0.25) is 0 Å². The minimum absolute atomic E-state index is 0.234. The summed E-state index contributed by atoms with van der Waals surface area (Å²) in [5.41, 5.74) is 12.2. The number of hydrogen-bond acceptors (Lipinski definition) is 4. The van der Waals surface area contributed by atoms with E-state index in [1.165, 1.54) is 0 Å². The summed E-state index contributed by atoms with van der Waals surface area (Å²) in [6.45, 7) is 1.80. The van der Waals surface area contributed by atoms with Crippen LogP contribution in [-0.2, 0) is 0 Å². The van der Waals surface area contributed by atoms with Crippen molar-refractivity contribution in [2.24, 2.45) is 11.5 Å². The summed E-state index contributed by atoms with van der Waals surface area (Å²) >= 11 is 0. The van der Waals surface area contributed by atoms with Crippen molar-refractivity contribution >= 4 is 0 Å². The molecule has 0 aliphatic rings. The molecule has 1 aromatic carbocycles. The second kappa shape index (κ2) is 5.58. The molecule has 0 aromatic heterocycles. The van der Waals surface area contributed by atoms with Crippen LogP contribution in [0.4, 0.5) is 0 Å². The van der Waals surface area contributed by atoms with Gasteiger partial charge in [-0.2, -0.15) is 0 Å². The summed E-state index contributed by atoms with van der Waals surface area (Å²) in [5, 5.41) is 10.8. The van der Waals surface area contributed by atoms with Crippen molar-refractivity contribution < 1.29 is 4.92 Å². The fourth-order valence-corrected chi connectivity index (χ4v) is 1.84. The van der Waals surface area contributed by atoms with Gasteiger partial charge in [0.2, 0.25) is 6.04 Å². The first-order chi connectivity index (χ1) is 7.57. The van der Waals surface area contributed by atoms with Crippen molar-refractivity contribution in [3.8, 4) is 0 Å². The van der Waals surface area contributed by atoms with Crippen LogP contribution < -0.4 is 11.5 Å². The maximum Gasteiger partial charge on any atom is 0.218 e. The maximum absolute atomic E-state index is 10.8. The summed E-state index contributed by atoms with van der Waals surface area (Å²) in [6, 6.07) is 8.12. The van der Waals surface area contributed by atoms with Crippen LogP contribution >= 0.6 is 0 Å². The fourth-order valence-electron chi connectivity index (χ4n) is 1.84. The highest BCUT2D eigenvalue weighted by Gasteiger charge is 2.32. The van der Waals surface area contributed by atoms with Gasteiger partial charge in [-0.1, -0.05) is 30.3 Å². The molecule has 4 N–H and O–H groups in total. The van der Waals surface area contributed by atoms with Crippen molar-refractivity contribution in [2.45, 2.75) is 24.9 Å². The Bertz CT molecular complexity index is 342. The molecule has 0 amide bonds. The second-order valence-corrected chi connectivity index (χ2v) is 3.86. The standard InChI is InChI=1S/C11H17N3O2/c1-8(14(15)16)11(10(13)7-12)9-5-3-2-4-6-9/h2-6,8,10-11H,7,12-13H2,1H3. The van der Waals surface area contributed by atoms with Gasteiger partial charge in [-0.25, -0.2) is 0 Å². The number of nitrogens with zero attached hydrogens (tertiary/aromatic N) is 1. The van der Waals surface area contributed by atoms with Crippen molar-refractivity contribution in [3.05, 3.63) is 46.0 Å². The number of nitro groups is 1. The van der Waals surface area contributed by atoms with E-state index in [-0.39, 0.29) is 17.4 Å². The number of rotatable bonds is 5. The third kappa shape index (κ3) is 2.77. The molecule has 5 heteroatoms. The van der Waals surface area contributed by atoms with E-state index in [1.807, 2.05) is 30.3 Å². The van der Waals surface area contributed by atoms with Crippen LogP contribution in [0.25, 0.3) is 0 Å². The quantitative estimate of drug-likeness (QED) is 0.568. The first-order valence-corrected chi connectivity index (χ1v) is 5.22. The second-order valence-electron chi connectivity index (χ2n) is 3.86. The van der Waals surface area contributed by atoms with Gasteiger partial charge in [-0.15, -0.1) is 0 Å². The Hall–Kier alpha value is -1.46. The SMILES string of the molecule is CC(C(c1ccccc1)C(N)CN)[N+](=O)[O-]. The van der Waals surface area contributed by atoms with Gasteiger partial charge in [0.1, 0.15) is 0 Å². The third-order valence-electron chi connectivity index (χ3n) is 2.77. The lowest BCUT2D eigenvalue weighted by atomic mass is 9.86. The lowest BCUT2D eigenvalue weighted by Gasteiger charge is -2.23. The molecule has 5 nitrogen and oxygen atoms in total. The van der Waals surface area contributed by atoms with Crippen LogP contribution in [0.5, 0.6) is 0 Å². The third-order valence-corrected chi connectivity index (χ3v) is 2.77. The van der Waals surface area contributed by atoms with Crippen LogP contribution in [0.3, 0.4) is 0 Å². The van der Waals surface area contributed by atoms with Crippen molar-refractivity contribution in [1.29, 1.82) is 0 Å². The smallest absolute Gasteiger partial charge is 0.218 e. The number of nitrogens with two attached hydrogens (primary N) is 2. The first kappa shape index (κ1) is 12.6. The van der Waals surface area contributed by atoms with E-state index >= 15 is 0 Å². The molecule has 3 unspecified atom stereocenters. The Morgan fingerprint density at radius 1 is 1.38 bits per heavy atom. The lowest BCUT2D eigenvalue weighted by Crippen LogP contribution is -2.43. The summed E-state index contributed by atoms with van der Waals surface area (Å²) in [5.74, 6) is -0.346. The molecule has 1 aromatic rings. The molecule has 0 saturated heterocycles. The molecular weight excluding hydrogens is 206 g/mol. The summed E-state index contributed by atoms with van der Waals surface area (Å²) < 4.78 is 0. The van der Waals surface area contributed by atoms with Gasteiger partial charge >= 0.3 is 0 Å². The van der Waals surface area contributed by atoms with Crippen molar-refractivity contribution in [3.63, 3.8) is 0 Å². The van der Waals surface area contributed by atoms with Gasteiger partial charge in [0.15, 0.2) is 0 Å². The molecule has 0 spiro atoms. The first-order valence-electron chi connectivity index (χ1n) is 5.22. The van der Waals surface area contributed by atoms with Crippen molar-refractivity contribution in [2.75, 3.05) is 6.54 Å². The minimum Gasteiger partial charge on any atom is -0.329 e. The zero-order chi connectivity index (χ0) is 12.1. The molecule has 0 radical (unpaired) electrons. The molecule has 0 fully saturated rings. The predicted octanol–water partition coefficient (Wildman–Crippen LogP) is 0.721. The average molecular weight is 223 g/mol. The monoisotopic (exact) mass is 223 g/mol. The summed E-state index contributed by atoms with van der Waals surface area (Å²) in [6.07, 6.45) is 0. The highest BCUT2D eigenvalue weighted by Crippen LogP contribution is 2.23. The largest absolute Gasteiger partial charge is 0.329 e. The maximum atomic E-state index is 10.8. The molecule has 88 valence electrons. The molecular formula is C11H17N3O2. The van der Waals surface area contributed by atoms with Crippen LogP contribution in [0.1, 0.15) is 18.4 Å². The van der Waals surface area contributed by atoms with E-state index in [1.54, 1.807) is 6.92 Å². The van der Waals surface area contributed by atoms with Crippen LogP contribution in [0, 0.1) is 10.1 Å². The highest BCUT2D eigenvalue weighted by atomic mass is 16.6. The van der Waals surface area contributed by atoms with Gasteiger partial charge in [-0.05, 0) is 5.56 Å². The van der Waals surface area contributed by atoms with E-state index in [0.29, 0.717) is 0 Å². The normalized spacial score (nSPS) is 16.4. The molecule has 0 heterocycles. The van der Waals surface area contributed by atoms with E-state index in [4.69, 9.17) is 11.5 Å². The van der Waals surface area contributed by atoms with E-state index in [0.717, 1.165) is 5.56 Å². The molecule has 0 saturated carbocycles. The van der Waals surface area contributed by atoms with E-state index in [2.05, 4.69) is 0 Å². The molecule has 0 aliphatic heterocycles. The van der Waals surface area contributed by atoms with Crippen molar-refractivity contribution in [1.82, 2.24) is 0 Å². The van der Waals surface area contributed by atoms with Crippen LogP contribution in [0.15, 0.2) is 30.3 Å². The van der Waals surface area contributed by atoms with Crippen LogP contribution in [-0.4, -0.2) is 23.6 Å². The predicted molar refractivity (Wildman–Crippen MR) is 62.7 cm³/mol. The fraction of sp³-hybridized carbons (Fsp3) is 0.455. The Labute approximate surface area is 94.6 Å². The molecule has 0 aliphatic carbocycles. The Balaban J connectivity index is 3.01. The van der Waals surface area contributed by atoms with Gasteiger partial charge in [-0.3, -0.25) is 10.1 Å². The van der Waals surface area contributed by atoms with Gasteiger partial charge in [0.05, 0.1) is 5.92 Å². The van der Waals surface area contributed by atoms with Gasteiger partial charge < -0.3 is 11.5 Å². The zero-order valence-corrected chi connectivity index (χ0v) is 9.24. The Morgan fingerprint density at radius 3 is 2.38 bits per heavy atom. The summed E-state index contributed by atoms with van der Waals surface area (Å²) in [4.78, 5) is 10.5. The number of hydrogen-bond donors (Lipinski definition) is 2. The summed E-state index contributed by atoms with van der Waals surface area (Å²) in [7, 11) is 0. The highest BCUT2D eigenvalue weighted by molar-refractivity contribution is 5.22. The van der Waals surface area contributed by atoms with Gasteiger partial charge in [0, 0.05) is 24.4 Å². The lowest BCUT2D eigenvalue weighted by molar-refractivity contribution is -0.522. The molecule has 0 bridgehead atoms. The van der Waals surface area contributed by atoms with E-state index in [9.17, 15) is 10.1 Å². The van der Waals surface area contributed by atoms with Gasteiger partial charge in [0.25, 0.3) is 0 Å². The average Bonchev–Trinajstić information content (AvgIpc) is 2.30. The Kier molecular flexibility index (Phi) is 4.39. The minimum atomic E-state index is -0.735. The molecule has 16 heavy (non-hydrogen) atoms.